The van der Waals surface area contributed by atoms with Gasteiger partial charge >= 0.3 is 0 Å². The van der Waals surface area contributed by atoms with E-state index in [4.69, 9.17) is 9.26 Å². The van der Waals surface area contributed by atoms with Crippen molar-refractivity contribution in [3.8, 4) is 5.75 Å². The van der Waals surface area contributed by atoms with Crippen molar-refractivity contribution in [3.05, 3.63) is 29.7 Å². The topological polar surface area (TPSA) is 115 Å². The highest BCUT2D eigenvalue weighted by molar-refractivity contribution is 7.89. The Bertz CT molecular complexity index is 1190. The number of nitrogens with one attached hydrogen (secondary N) is 1. The summed E-state index contributed by atoms with van der Waals surface area (Å²) in [5.74, 6) is 0.629. The van der Waals surface area contributed by atoms with Crippen molar-refractivity contribution in [1.82, 2.24) is 14.4 Å². The molecule has 9 nitrogen and oxygen atoms in total. The van der Waals surface area contributed by atoms with Crippen molar-refractivity contribution < 1.29 is 22.5 Å². The molecule has 1 N–H and O–H groups in total. The van der Waals surface area contributed by atoms with E-state index in [-0.39, 0.29) is 35.6 Å². The van der Waals surface area contributed by atoms with Crippen LogP contribution in [0.5, 0.6) is 5.75 Å². The number of hydrogen-bond acceptors (Lipinski definition) is 8. The maximum atomic E-state index is 12.9. The minimum atomic E-state index is -3.69. The number of carbonyl (C=O) groups is 1. The number of nitrogens with zero attached hydrogens (tertiary/aromatic N) is 3. The molecular formula is C20H24N4O5S2. The van der Waals surface area contributed by atoms with Gasteiger partial charge in [-0.25, -0.2) is 13.4 Å². The molecule has 166 valence electrons. The van der Waals surface area contributed by atoms with E-state index < -0.39 is 10.0 Å². The molecule has 3 heterocycles. The molecule has 0 saturated carbocycles. The van der Waals surface area contributed by atoms with Crippen LogP contribution in [0.3, 0.4) is 0 Å². The smallest absolute Gasteiger partial charge is 0.248 e. The van der Waals surface area contributed by atoms with Crippen molar-refractivity contribution in [3.63, 3.8) is 0 Å². The summed E-state index contributed by atoms with van der Waals surface area (Å²) in [4.78, 5) is 17.3. The second-order valence-electron chi connectivity index (χ2n) is 7.40. The molecule has 1 aromatic carbocycles. The lowest BCUT2D eigenvalue weighted by Crippen LogP contribution is -2.41. The van der Waals surface area contributed by atoms with Gasteiger partial charge in [-0.2, -0.15) is 4.31 Å². The number of sulfonamides is 1. The van der Waals surface area contributed by atoms with Crippen LogP contribution in [0.25, 0.3) is 10.2 Å². The van der Waals surface area contributed by atoms with Crippen molar-refractivity contribution >= 4 is 42.6 Å². The summed E-state index contributed by atoms with van der Waals surface area (Å²) in [6.45, 7) is 6.23. The highest BCUT2D eigenvalue weighted by Gasteiger charge is 2.35. The highest BCUT2D eigenvalue weighted by atomic mass is 32.2. The van der Waals surface area contributed by atoms with Crippen LogP contribution in [0.15, 0.2) is 27.6 Å². The molecule has 0 radical (unpaired) electrons. The number of carbonyl (C=O) groups excluding carboxylic acids is 1. The van der Waals surface area contributed by atoms with Crippen LogP contribution in [-0.4, -0.2) is 48.5 Å². The van der Waals surface area contributed by atoms with Gasteiger partial charge in [-0.1, -0.05) is 16.5 Å². The average molecular weight is 465 g/mol. The monoisotopic (exact) mass is 464 g/mol. The third kappa shape index (κ3) is 4.30. The lowest BCUT2D eigenvalue weighted by atomic mass is 9.97. The summed E-state index contributed by atoms with van der Waals surface area (Å²) in [5.41, 5.74) is 1.14. The first-order valence-electron chi connectivity index (χ1n) is 10.1. The van der Waals surface area contributed by atoms with Gasteiger partial charge in [0.15, 0.2) is 10.9 Å². The predicted octanol–water partition coefficient (Wildman–Crippen LogP) is 3.34. The zero-order valence-corrected chi connectivity index (χ0v) is 19.2. The van der Waals surface area contributed by atoms with Crippen LogP contribution >= 0.6 is 11.3 Å². The average Bonchev–Trinajstić information content (AvgIpc) is 3.30. The lowest BCUT2D eigenvalue weighted by Gasteiger charge is -2.30. The molecule has 11 heteroatoms. The molecule has 2 aromatic heterocycles. The lowest BCUT2D eigenvalue weighted by molar-refractivity contribution is -0.120. The number of anilines is 1. The van der Waals surface area contributed by atoms with E-state index in [9.17, 15) is 13.2 Å². The molecule has 0 atom stereocenters. The van der Waals surface area contributed by atoms with Gasteiger partial charge < -0.3 is 14.6 Å². The second kappa shape index (κ2) is 8.56. The Hall–Kier alpha value is -2.50. The summed E-state index contributed by atoms with van der Waals surface area (Å²) in [6.07, 6.45) is 0.877. The van der Waals surface area contributed by atoms with Crippen LogP contribution in [0.1, 0.15) is 31.2 Å². The first-order chi connectivity index (χ1) is 14.8. The number of hydrogen-bond donors (Lipinski definition) is 1. The van der Waals surface area contributed by atoms with Crippen LogP contribution in [-0.2, 0) is 14.8 Å². The van der Waals surface area contributed by atoms with E-state index >= 15 is 0 Å². The summed E-state index contributed by atoms with van der Waals surface area (Å²) in [6, 6.07) is 5.63. The predicted molar refractivity (Wildman–Crippen MR) is 117 cm³/mol. The third-order valence-electron chi connectivity index (χ3n) is 5.29. The minimum absolute atomic E-state index is 0.122. The number of amides is 1. The third-order valence-corrected chi connectivity index (χ3v) is 8.37. The minimum Gasteiger partial charge on any atom is -0.494 e. The molecule has 0 unspecified atom stereocenters. The fraction of sp³-hybridized carbons (Fsp3) is 0.450. The van der Waals surface area contributed by atoms with Gasteiger partial charge in [-0.3, -0.25) is 4.79 Å². The maximum Gasteiger partial charge on any atom is 0.248 e. The summed E-state index contributed by atoms with van der Waals surface area (Å²) < 4.78 is 38.7. The van der Waals surface area contributed by atoms with Crippen molar-refractivity contribution in [2.45, 2.75) is 38.5 Å². The Morgan fingerprint density at radius 2 is 2.06 bits per heavy atom. The van der Waals surface area contributed by atoms with Crippen molar-refractivity contribution in [1.29, 1.82) is 0 Å². The number of thiazole rings is 1. The molecule has 31 heavy (non-hydrogen) atoms. The number of aryl methyl sites for hydroxylation is 2. The fourth-order valence-electron chi connectivity index (χ4n) is 3.75. The van der Waals surface area contributed by atoms with Crippen LogP contribution in [0.2, 0.25) is 0 Å². The molecule has 1 amide bonds. The van der Waals surface area contributed by atoms with Gasteiger partial charge in [-0.05, 0) is 51.8 Å². The van der Waals surface area contributed by atoms with Crippen molar-refractivity contribution in [2.75, 3.05) is 25.0 Å². The molecule has 0 spiro atoms. The Morgan fingerprint density at radius 3 is 2.71 bits per heavy atom. The molecular weight excluding hydrogens is 440 g/mol. The van der Waals surface area contributed by atoms with Crippen molar-refractivity contribution in [2.24, 2.45) is 5.92 Å². The fourth-order valence-corrected chi connectivity index (χ4v) is 6.41. The van der Waals surface area contributed by atoms with E-state index in [0.29, 0.717) is 30.3 Å². The van der Waals surface area contributed by atoms with Crippen LogP contribution in [0, 0.1) is 19.8 Å². The zero-order valence-electron chi connectivity index (χ0n) is 17.5. The molecule has 0 aliphatic carbocycles. The summed E-state index contributed by atoms with van der Waals surface area (Å²) in [5, 5.41) is 7.16. The molecule has 1 fully saturated rings. The first-order valence-corrected chi connectivity index (χ1v) is 12.3. The zero-order chi connectivity index (χ0) is 22.2. The number of ether oxygens (including phenoxy) is 1. The van der Waals surface area contributed by atoms with E-state index in [1.807, 2.05) is 25.1 Å². The number of benzene rings is 1. The summed E-state index contributed by atoms with van der Waals surface area (Å²) in [7, 11) is -3.69. The van der Waals surface area contributed by atoms with Gasteiger partial charge in [0.25, 0.3) is 0 Å². The Morgan fingerprint density at radius 1 is 1.32 bits per heavy atom. The van der Waals surface area contributed by atoms with E-state index in [2.05, 4.69) is 15.5 Å². The van der Waals surface area contributed by atoms with Gasteiger partial charge in [0.2, 0.25) is 15.9 Å². The Kier molecular flexibility index (Phi) is 6.00. The number of rotatable bonds is 6. The number of fused-ring (bicyclic) bond motifs is 1. The molecule has 0 bridgehead atoms. The van der Waals surface area contributed by atoms with E-state index in [1.165, 1.54) is 15.6 Å². The molecule has 1 aliphatic rings. The Balaban J connectivity index is 1.40. The number of piperidine rings is 1. The highest BCUT2D eigenvalue weighted by Crippen LogP contribution is 2.31. The quantitative estimate of drug-likeness (QED) is 0.595. The van der Waals surface area contributed by atoms with Crippen LogP contribution in [0.4, 0.5) is 5.13 Å². The van der Waals surface area contributed by atoms with Gasteiger partial charge in [-0.15, -0.1) is 0 Å². The Labute approximate surface area is 184 Å². The van der Waals surface area contributed by atoms with E-state index in [0.717, 1.165) is 16.0 Å². The maximum absolute atomic E-state index is 12.9. The van der Waals surface area contributed by atoms with Crippen LogP contribution < -0.4 is 10.1 Å². The molecule has 1 saturated heterocycles. The van der Waals surface area contributed by atoms with Gasteiger partial charge in [0.05, 0.1) is 16.8 Å². The van der Waals surface area contributed by atoms with Gasteiger partial charge in [0, 0.05) is 19.0 Å². The second-order valence-corrected chi connectivity index (χ2v) is 10.3. The normalized spacial score (nSPS) is 16.0. The van der Waals surface area contributed by atoms with Gasteiger partial charge in [0.1, 0.15) is 16.3 Å². The first kappa shape index (κ1) is 21.7. The molecule has 1 aliphatic heterocycles. The standard InChI is InChI=1S/C20H24N4O5S2/c1-4-28-15-5-6-16-17(11-15)30-20(21-16)22-19(25)14-7-9-24(10-8-14)31(26,27)18-12(2)23-29-13(18)3/h5-6,11,14H,4,7-10H2,1-3H3,(H,21,22,25). The molecule has 3 aromatic rings. The summed E-state index contributed by atoms with van der Waals surface area (Å²) >= 11 is 1.39. The van der Waals surface area contributed by atoms with E-state index in [1.54, 1.807) is 13.8 Å². The number of aromatic nitrogens is 2. The molecule has 4 rings (SSSR count). The SMILES string of the molecule is CCOc1ccc2nc(NC(=O)C3CCN(S(=O)(=O)c4c(C)noc4C)CC3)sc2c1. The largest absolute Gasteiger partial charge is 0.494 e.